The second kappa shape index (κ2) is 7.70. The quantitative estimate of drug-likeness (QED) is 0.646. The third-order valence-corrected chi connectivity index (χ3v) is 3.38. The van der Waals surface area contributed by atoms with Crippen LogP contribution in [0.4, 0.5) is 0 Å². The first-order valence-corrected chi connectivity index (χ1v) is 7.33. The molecule has 1 aromatic heterocycles. The molecule has 0 saturated heterocycles. The number of aromatic amines is 1. The second-order valence-electron chi connectivity index (χ2n) is 4.99. The molecule has 0 fully saturated rings. The molecule has 0 saturated carbocycles. The molecule has 4 nitrogen and oxygen atoms in total. The molecule has 0 aliphatic heterocycles. The van der Waals surface area contributed by atoms with Crippen LogP contribution >= 0.6 is 0 Å². The van der Waals surface area contributed by atoms with Gasteiger partial charge in [0, 0.05) is 23.6 Å². The van der Waals surface area contributed by atoms with E-state index >= 15 is 0 Å². The maximum Gasteiger partial charge on any atom is 0.233 e. The first kappa shape index (κ1) is 14.6. The van der Waals surface area contributed by atoms with Crippen molar-refractivity contribution in [2.24, 2.45) is 0 Å². The number of hydrogen-bond donors (Lipinski definition) is 3. The van der Waals surface area contributed by atoms with Crippen LogP contribution in [0, 0.1) is 0 Å². The van der Waals surface area contributed by atoms with Crippen molar-refractivity contribution in [2.45, 2.75) is 26.2 Å². The smallest absolute Gasteiger partial charge is 0.233 e. The standard InChI is InChI=1S/C16H23N3O/c1-2-3-9-17-12-16(20)18-10-8-13-11-19-15-7-5-4-6-14(13)15/h4-7,11,17,19H,2-3,8-10,12H2,1H3,(H,18,20). The van der Waals surface area contributed by atoms with Gasteiger partial charge in [0.1, 0.15) is 0 Å². The van der Waals surface area contributed by atoms with E-state index < -0.39 is 0 Å². The highest BCUT2D eigenvalue weighted by molar-refractivity contribution is 5.83. The Hall–Kier alpha value is -1.81. The maximum absolute atomic E-state index is 11.6. The molecule has 0 spiro atoms. The summed E-state index contributed by atoms with van der Waals surface area (Å²) in [5.41, 5.74) is 2.40. The van der Waals surface area contributed by atoms with Gasteiger partial charge >= 0.3 is 0 Å². The minimum Gasteiger partial charge on any atom is -0.361 e. The summed E-state index contributed by atoms with van der Waals surface area (Å²) in [5, 5.41) is 7.33. The highest BCUT2D eigenvalue weighted by Gasteiger charge is 2.04. The number of carbonyl (C=O) groups excluding carboxylic acids is 1. The molecule has 0 bridgehead atoms. The van der Waals surface area contributed by atoms with Crippen LogP contribution in [0.15, 0.2) is 30.5 Å². The molecule has 0 atom stereocenters. The summed E-state index contributed by atoms with van der Waals surface area (Å²) in [5.74, 6) is 0.0703. The van der Waals surface area contributed by atoms with Crippen molar-refractivity contribution in [2.75, 3.05) is 19.6 Å². The Morgan fingerprint density at radius 3 is 2.95 bits per heavy atom. The largest absolute Gasteiger partial charge is 0.361 e. The number of fused-ring (bicyclic) bond motifs is 1. The third-order valence-electron chi connectivity index (χ3n) is 3.38. The second-order valence-corrected chi connectivity index (χ2v) is 4.99. The van der Waals surface area contributed by atoms with Crippen molar-refractivity contribution in [3.8, 4) is 0 Å². The molecule has 0 radical (unpaired) electrons. The van der Waals surface area contributed by atoms with Crippen molar-refractivity contribution in [3.63, 3.8) is 0 Å². The van der Waals surface area contributed by atoms with E-state index in [9.17, 15) is 4.79 Å². The lowest BCUT2D eigenvalue weighted by atomic mass is 10.1. The van der Waals surface area contributed by atoms with Crippen molar-refractivity contribution in [1.29, 1.82) is 0 Å². The zero-order chi connectivity index (χ0) is 14.2. The average molecular weight is 273 g/mol. The molecule has 1 amide bonds. The van der Waals surface area contributed by atoms with Gasteiger partial charge < -0.3 is 15.6 Å². The third kappa shape index (κ3) is 4.10. The molecule has 2 rings (SSSR count). The molecule has 3 N–H and O–H groups in total. The van der Waals surface area contributed by atoms with E-state index in [1.165, 1.54) is 10.9 Å². The zero-order valence-corrected chi connectivity index (χ0v) is 12.0. The number of nitrogens with one attached hydrogen (secondary N) is 3. The first-order valence-electron chi connectivity index (χ1n) is 7.33. The van der Waals surface area contributed by atoms with Crippen LogP contribution in [0.3, 0.4) is 0 Å². The van der Waals surface area contributed by atoms with Gasteiger partial charge in [-0.1, -0.05) is 31.5 Å². The minimum absolute atomic E-state index is 0.0703. The molecule has 1 heterocycles. The topological polar surface area (TPSA) is 56.9 Å². The summed E-state index contributed by atoms with van der Waals surface area (Å²) in [4.78, 5) is 14.9. The molecule has 4 heteroatoms. The fraction of sp³-hybridized carbons (Fsp3) is 0.438. The van der Waals surface area contributed by atoms with Crippen molar-refractivity contribution >= 4 is 16.8 Å². The van der Waals surface area contributed by atoms with Gasteiger partial charge in [0.25, 0.3) is 0 Å². The van der Waals surface area contributed by atoms with Gasteiger partial charge in [0.2, 0.25) is 5.91 Å². The summed E-state index contributed by atoms with van der Waals surface area (Å²) < 4.78 is 0. The summed E-state index contributed by atoms with van der Waals surface area (Å²) >= 11 is 0. The van der Waals surface area contributed by atoms with Crippen molar-refractivity contribution in [3.05, 3.63) is 36.0 Å². The number of aromatic nitrogens is 1. The van der Waals surface area contributed by atoms with E-state index in [-0.39, 0.29) is 5.91 Å². The van der Waals surface area contributed by atoms with Gasteiger partial charge in [0.05, 0.1) is 6.54 Å². The highest BCUT2D eigenvalue weighted by atomic mass is 16.1. The van der Waals surface area contributed by atoms with Crippen molar-refractivity contribution < 1.29 is 4.79 Å². The lowest BCUT2D eigenvalue weighted by Gasteiger charge is -2.06. The monoisotopic (exact) mass is 273 g/mol. The number of amides is 1. The number of benzene rings is 1. The van der Waals surface area contributed by atoms with Crippen LogP contribution in [-0.4, -0.2) is 30.5 Å². The number of para-hydroxylation sites is 1. The number of rotatable bonds is 8. The summed E-state index contributed by atoms with van der Waals surface area (Å²) in [7, 11) is 0. The van der Waals surface area contributed by atoms with Crippen LogP contribution < -0.4 is 10.6 Å². The van der Waals surface area contributed by atoms with Gasteiger partial charge in [-0.3, -0.25) is 4.79 Å². The Balaban J connectivity index is 1.71. The molecule has 108 valence electrons. The van der Waals surface area contributed by atoms with Crippen LogP contribution in [0.2, 0.25) is 0 Å². The summed E-state index contributed by atoms with van der Waals surface area (Å²) in [6.45, 7) is 4.14. The zero-order valence-electron chi connectivity index (χ0n) is 12.0. The van der Waals surface area contributed by atoms with E-state index in [2.05, 4.69) is 34.7 Å². The number of hydrogen-bond acceptors (Lipinski definition) is 2. The average Bonchev–Trinajstić information content (AvgIpc) is 2.87. The Morgan fingerprint density at radius 1 is 1.25 bits per heavy atom. The Kier molecular flexibility index (Phi) is 5.62. The lowest BCUT2D eigenvalue weighted by molar-refractivity contribution is -0.120. The molecule has 2 aromatic rings. The maximum atomic E-state index is 11.6. The molecule has 1 aromatic carbocycles. The predicted octanol–water partition coefficient (Wildman–Crippen LogP) is 2.22. The van der Waals surface area contributed by atoms with Gasteiger partial charge in [0.15, 0.2) is 0 Å². The van der Waals surface area contributed by atoms with Gasteiger partial charge in [-0.2, -0.15) is 0 Å². The van der Waals surface area contributed by atoms with Gasteiger partial charge in [-0.15, -0.1) is 0 Å². The van der Waals surface area contributed by atoms with E-state index in [4.69, 9.17) is 0 Å². The van der Waals surface area contributed by atoms with Crippen LogP contribution in [0.25, 0.3) is 10.9 Å². The number of unbranched alkanes of at least 4 members (excludes halogenated alkanes) is 1. The summed E-state index contributed by atoms with van der Waals surface area (Å²) in [6.07, 6.45) is 5.14. The molecular weight excluding hydrogens is 250 g/mol. The molecule has 0 aliphatic carbocycles. The fourth-order valence-electron chi connectivity index (χ4n) is 2.24. The van der Waals surface area contributed by atoms with Crippen LogP contribution in [-0.2, 0) is 11.2 Å². The SMILES string of the molecule is CCCCNCC(=O)NCCc1c[nH]c2ccccc12. The predicted molar refractivity (Wildman–Crippen MR) is 82.8 cm³/mol. The molecule has 20 heavy (non-hydrogen) atoms. The lowest BCUT2D eigenvalue weighted by Crippen LogP contribution is -2.35. The van der Waals surface area contributed by atoms with Gasteiger partial charge in [-0.25, -0.2) is 0 Å². The Morgan fingerprint density at radius 2 is 2.10 bits per heavy atom. The molecule has 0 aliphatic rings. The normalized spacial score (nSPS) is 10.8. The minimum atomic E-state index is 0.0703. The van der Waals surface area contributed by atoms with E-state index in [0.717, 1.165) is 31.3 Å². The van der Waals surface area contributed by atoms with Crippen LogP contribution in [0.1, 0.15) is 25.3 Å². The fourth-order valence-corrected chi connectivity index (χ4v) is 2.24. The molecule has 0 unspecified atom stereocenters. The molecular formula is C16H23N3O. The Labute approximate surface area is 120 Å². The van der Waals surface area contributed by atoms with E-state index in [1.54, 1.807) is 0 Å². The number of carbonyl (C=O) groups is 1. The highest BCUT2D eigenvalue weighted by Crippen LogP contribution is 2.17. The van der Waals surface area contributed by atoms with Crippen molar-refractivity contribution in [1.82, 2.24) is 15.6 Å². The first-order chi connectivity index (χ1) is 9.81. The Bertz CT molecular complexity index is 547. The number of H-pyrrole nitrogens is 1. The van der Waals surface area contributed by atoms with Crippen LogP contribution in [0.5, 0.6) is 0 Å². The van der Waals surface area contributed by atoms with E-state index in [0.29, 0.717) is 13.1 Å². The van der Waals surface area contributed by atoms with Gasteiger partial charge in [-0.05, 0) is 31.0 Å². The summed E-state index contributed by atoms with van der Waals surface area (Å²) in [6, 6.07) is 8.23. The van der Waals surface area contributed by atoms with E-state index in [1.807, 2.05) is 18.3 Å².